The molecule has 0 amide bonds. The highest BCUT2D eigenvalue weighted by Gasteiger charge is 2.17. The number of ether oxygens (including phenoxy) is 1. The monoisotopic (exact) mass is 249 g/mol. The van der Waals surface area contributed by atoms with Crippen molar-refractivity contribution in [2.24, 2.45) is 0 Å². The van der Waals surface area contributed by atoms with E-state index in [-0.39, 0.29) is 17.7 Å². The van der Waals surface area contributed by atoms with Crippen molar-refractivity contribution in [2.75, 3.05) is 6.61 Å². The smallest absolute Gasteiger partial charge is 0.343 e. The minimum absolute atomic E-state index is 0.171. The number of rotatable bonds is 3. The van der Waals surface area contributed by atoms with Crippen LogP contribution in [0.5, 0.6) is 0 Å². The molecule has 2 heterocycles. The number of aryl methyl sites for hydroxylation is 1. The molecule has 0 aliphatic carbocycles. The first kappa shape index (κ1) is 12.3. The van der Waals surface area contributed by atoms with Crippen molar-refractivity contribution in [3.8, 4) is 0 Å². The van der Waals surface area contributed by atoms with Crippen LogP contribution in [0.25, 0.3) is 5.65 Å². The Balaban J connectivity index is 2.68. The lowest BCUT2D eigenvalue weighted by atomic mass is 10.2. The highest BCUT2D eigenvalue weighted by molar-refractivity contribution is 5.95. The molecular weight excluding hydrogens is 234 g/mol. The van der Waals surface area contributed by atoms with E-state index in [0.717, 1.165) is 0 Å². The Morgan fingerprint density at radius 3 is 2.83 bits per heavy atom. The molecule has 0 aliphatic rings. The van der Waals surface area contributed by atoms with Gasteiger partial charge in [-0.1, -0.05) is 6.92 Å². The van der Waals surface area contributed by atoms with E-state index in [0.29, 0.717) is 23.3 Å². The van der Waals surface area contributed by atoms with E-state index in [4.69, 9.17) is 4.74 Å². The topological polar surface area (TPSA) is 76.5 Å². The average Bonchev–Trinajstić information content (AvgIpc) is 2.73. The van der Waals surface area contributed by atoms with Gasteiger partial charge >= 0.3 is 5.97 Å². The third-order valence-electron chi connectivity index (χ3n) is 2.81. The van der Waals surface area contributed by atoms with Crippen LogP contribution in [0.1, 0.15) is 35.5 Å². The van der Waals surface area contributed by atoms with Crippen LogP contribution in [0.4, 0.5) is 0 Å². The van der Waals surface area contributed by atoms with Crippen molar-refractivity contribution in [3.05, 3.63) is 33.4 Å². The Hall–Kier alpha value is -2.11. The van der Waals surface area contributed by atoms with Gasteiger partial charge in [-0.25, -0.2) is 14.3 Å². The van der Waals surface area contributed by atoms with Crippen molar-refractivity contribution < 1.29 is 9.53 Å². The second kappa shape index (κ2) is 4.64. The largest absolute Gasteiger partial charge is 0.462 e. The number of H-pyrrole nitrogens is 1. The summed E-state index contributed by atoms with van der Waals surface area (Å²) in [5.74, 6) is -0.480. The van der Waals surface area contributed by atoms with E-state index < -0.39 is 5.97 Å². The van der Waals surface area contributed by atoms with Crippen LogP contribution >= 0.6 is 0 Å². The average molecular weight is 249 g/mol. The number of carbonyl (C=O) groups is 1. The molecule has 0 bridgehead atoms. The molecule has 1 N–H and O–H groups in total. The molecule has 2 aromatic rings. The van der Waals surface area contributed by atoms with Gasteiger partial charge in [-0.15, -0.1) is 0 Å². The van der Waals surface area contributed by atoms with E-state index >= 15 is 0 Å². The van der Waals surface area contributed by atoms with Crippen LogP contribution in [0.3, 0.4) is 0 Å². The predicted octanol–water partition coefficient (Wildman–Crippen LogP) is 1.07. The highest BCUT2D eigenvalue weighted by atomic mass is 16.5. The van der Waals surface area contributed by atoms with Gasteiger partial charge in [-0.3, -0.25) is 9.89 Å². The lowest BCUT2D eigenvalue weighted by Crippen LogP contribution is -2.21. The normalized spacial score (nSPS) is 10.8. The quantitative estimate of drug-likeness (QED) is 0.825. The molecule has 0 radical (unpaired) electrons. The summed E-state index contributed by atoms with van der Waals surface area (Å²) in [5.41, 5.74) is 1.71. The molecule has 0 aromatic carbocycles. The zero-order valence-electron chi connectivity index (χ0n) is 10.6. The summed E-state index contributed by atoms with van der Waals surface area (Å²) in [5, 5.41) is 2.74. The predicted molar refractivity (Wildman–Crippen MR) is 65.9 cm³/mol. The van der Waals surface area contributed by atoms with Gasteiger partial charge in [0.1, 0.15) is 5.56 Å². The van der Waals surface area contributed by atoms with Crippen LogP contribution in [0, 0.1) is 6.92 Å². The van der Waals surface area contributed by atoms with Crippen molar-refractivity contribution in [2.45, 2.75) is 27.2 Å². The lowest BCUT2D eigenvalue weighted by Gasteiger charge is -2.03. The first-order chi connectivity index (χ1) is 8.60. The van der Waals surface area contributed by atoms with Crippen LogP contribution < -0.4 is 5.56 Å². The third kappa shape index (κ3) is 1.79. The SMILES string of the molecule is CCOC(=O)c1c[nH]n2c(=O)c(CC)c(C)nc12. The van der Waals surface area contributed by atoms with Crippen molar-refractivity contribution in [1.82, 2.24) is 14.6 Å². The van der Waals surface area contributed by atoms with E-state index in [1.54, 1.807) is 13.8 Å². The molecule has 0 spiro atoms. The number of nitrogens with zero attached hydrogens (tertiary/aromatic N) is 2. The Morgan fingerprint density at radius 2 is 2.22 bits per heavy atom. The standard InChI is InChI=1S/C12H15N3O3/c1-4-8-7(3)14-10-9(12(17)18-5-2)6-13-15(10)11(8)16/h6,13H,4-5H2,1-3H3. The minimum Gasteiger partial charge on any atom is -0.462 e. The van der Waals surface area contributed by atoms with Gasteiger partial charge in [-0.2, -0.15) is 0 Å². The second-order valence-corrected chi connectivity index (χ2v) is 3.90. The molecule has 96 valence electrons. The van der Waals surface area contributed by atoms with E-state index in [1.165, 1.54) is 10.7 Å². The Labute approximate surface area is 104 Å². The molecule has 6 heteroatoms. The number of esters is 1. The third-order valence-corrected chi connectivity index (χ3v) is 2.81. The van der Waals surface area contributed by atoms with Gasteiger partial charge in [0.15, 0.2) is 5.65 Å². The number of aromatic amines is 1. The molecule has 18 heavy (non-hydrogen) atoms. The molecule has 0 unspecified atom stereocenters. The Morgan fingerprint density at radius 1 is 1.50 bits per heavy atom. The van der Waals surface area contributed by atoms with Gasteiger partial charge in [0.2, 0.25) is 0 Å². The maximum atomic E-state index is 12.1. The molecular formula is C12H15N3O3. The lowest BCUT2D eigenvalue weighted by molar-refractivity contribution is 0.0528. The number of hydrogen-bond donors (Lipinski definition) is 1. The van der Waals surface area contributed by atoms with Crippen molar-refractivity contribution >= 4 is 11.6 Å². The van der Waals surface area contributed by atoms with Gasteiger partial charge in [0, 0.05) is 17.5 Å². The fraction of sp³-hybridized carbons (Fsp3) is 0.417. The van der Waals surface area contributed by atoms with E-state index in [1.807, 2.05) is 6.92 Å². The van der Waals surface area contributed by atoms with Gasteiger partial charge in [0.25, 0.3) is 5.56 Å². The summed E-state index contributed by atoms with van der Waals surface area (Å²) in [7, 11) is 0. The first-order valence-electron chi connectivity index (χ1n) is 5.86. The molecule has 0 fully saturated rings. The fourth-order valence-corrected chi connectivity index (χ4v) is 1.92. The number of nitrogens with one attached hydrogen (secondary N) is 1. The Kier molecular flexibility index (Phi) is 3.18. The number of hydrogen-bond acceptors (Lipinski definition) is 4. The molecule has 0 atom stereocenters. The van der Waals surface area contributed by atoms with Crippen molar-refractivity contribution in [3.63, 3.8) is 0 Å². The molecule has 2 aromatic heterocycles. The van der Waals surface area contributed by atoms with Crippen LogP contribution in [0.15, 0.2) is 11.0 Å². The van der Waals surface area contributed by atoms with Crippen LogP contribution in [0.2, 0.25) is 0 Å². The maximum Gasteiger partial charge on any atom is 0.343 e. The second-order valence-electron chi connectivity index (χ2n) is 3.90. The summed E-state index contributed by atoms with van der Waals surface area (Å²) in [6.45, 7) is 5.67. The number of fused-ring (bicyclic) bond motifs is 1. The van der Waals surface area contributed by atoms with Crippen LogP contribution in [-0.4, -0.2) is 27.2 Å². The maximum absolute atomic E-state index is 12.1. The van der Waals surface area contributed by atoms with Crippen molar-refractivity contribution in [1.29, 1.82) is 0 Å². The summed E-state index contributed by atoms with van der Waals surface area (Å²) >= 11 is 0. The van der Waals surface area contributed by atoms with E-state index in [9.17, 15) is 9.59 Å². The summed E-state index contributed by atoms with van der Waals surface area (Å²) in [4.78, 5) is 28.1. The molecule has 2 rings (SSSR count). The van der Waals surface area contributed by atoms with Crippen LogP contribution in [-0.2, 0) is 11.2 Å². The van der Waals surface area contributed by atoms with Gasteiger partial charge in [-0.05, 0) is 20.3 Å². The molecule has 0 saturated heterocycles. The Bertz CT molecular complexity index is 654. The highest BCUT2D eigenvalue weighted by Crippen LogP contribution is 2.10. The zero-order valence-corrected chi connectivity index (χ0v) is 10.6. The summed E-state index contributed by atoms with van der Waals surface area (Å²) in [6, 6.07) is 0. The number of carbonyl (C=O) groups excluding carboxylic acids is 1. The number of aromatic nitrogens is 3. The first-order valence-corrected chi connectivity index (χ1v) is 5.86. The van der Waals surface area contributed by atoms with E-state index in [2.05, 4.69) is 10.1 Å². The molecule has 6 nitrogen and oxygen atoms in total. The minimum atomic E-state index is -0.480. The summed E-state index contributed by atoms with van der Waals surface area (Å²) in [6.07, 6.45) is 2.05. The molecule has 0 saturated carbocycles. The van der Waals surface area contributed by atoms with Gasteiger partial charge in [0.05, 0.1) is 6.61 Å². The summed E-state index contributed by atoms with van der Waals surface area (Å²) < 4.78 is 6.19. The molecule has 0 aliphatic heterocycles. The fourth-order valence-electron chi connectivity index (χ4n) is 1.92. The zero-order chi connectivity index (χ0) is 13.3. The van der Waals surface area contributed by atoms with Gasteiger partial charge < -0.3 is 4.74 Å².